The maximum absolute atomic E-state index is 10.8. The van der Waals surface area contributed by atoms with E-state index in [1.54, 1.807) is 27.4 Å². The Morgan fingerprint density at radius 1 is 1.18 bits per heavy atom. The molecule has 1 aliphatic rings. The second-order valence-electron chi connectivity index (χ2n) is 4.09. The van der Waals surface area contributed by atoms with E-state index in [9.17, 15) is 4.79 Å². The van der Waals surface area contributed by atoms with Gasteiger partial charge in [0.15, 0.2) is 11.5 Å². The van der Waals surface area contributed by atoms with Crippen molar-refractivity contribution < 1.29 is 19.0 Å². The molecule has 4 nitrogen and oxygen atoms in total. The summed E-state index contributed by atoms with van der Waals surface area (Å²) in [5.74, 6) is 2.38. The van der Waals surface area contributed by atoms with Gasteiger partial charge in [-0.15, -0.1) is 0 Å². The van der Waals surface area contributed by atoms with Gasteiger partial charge in [0, 0.05) is 17.5 Å². The summed E-state index contributed by atoms with van der Waals surface area (Å²) in [6.07, 6.45) is 1.87. The minimum Gasteiger partial charge on any atom is -0.497 e. The second kappa shape index (κ2) is 4.65. The second-order valence-corrected chi connectivity index (χ2v) is 4.09. The van der Waals surface area contributed by atoms with Gasteiger partial charge in [-0.1, -0.05) is 0 Å². The van der Waals surface area contributed by atoms with Crippen molar-refractivity contribution in [3.8, 4) is 17.2 Å². The quantitative estimate of drug-likeness (QED) is 0.734. The monoisotopic (exact) mass is 236 g/mol. The molecule has 0 spiro atoms. The van der Waals surface area contributed by atoms with E-state index in [0.29, 0.717) is 17.2 Å². The molecule has 0 N–H and O–H groups in total. The number of ether oxygens (including phenoxy) is 3. The standard InChI is InChI=1S/C13H16O4/c1-15-9-5-11(10-4-8(10)7-14)13(17-3)12(6-9)16-2/h5-8,10H,4H2,1-3H3. The summed E-state index contributed by atoms with van der Waals surface area (Å²) in [5, 5.41) is 0. The first kappa shape index (κ1) is 11.8. The van der Waals surface area contributed by atoms with E-state index in [-0.39, 0.29) is 11.8 Å². The Hall–Kier alpha value is -1.71. The first-order chi connectivity index (χ1) is 8.24. The smallest absolute Gasteiger partial charge is 0.164 e. The maximum Gasteiger partial charge on any atom is 0.164 e. The van der Waals surface area contributed by atoms with Crippen LogP contribution >= 0.6 is 0 Å². The third kappa shape index (κ3) is 2.07. The van der Waals surface area contributed by atoms with Crippen molar-refractivity contribution in [2.24, 2.45) is 5.92 Å². The number of hydrogen-bond donors (Lipinski definition) is 0. The Labute approximate surface area is 100 Å². The lowest BCUT2D eigenvalue weighted by Crippen LogP contribution is -1.98. The topological polar surface area (TPSA) is 44.8 Å². The lowest BCUT2D eigenvalue weighted by atomic mass is 10.1. The van der Waals surface area contributed by atoms with Crippen LogP contribution in [0.2, 0.25) is 0 Å². The highest BCUT2D eigenvalue weighted by Gasteiger charge is 2.40. The number of benzene rings is 1. The van der Waals surface area contributed by atoms with Gasteiger partial charge in [0.2, 0.25) is 0 Å². The predicted molar refractivity (Wildman–Crippen MR) is 63.0 cm³/mol. The number of aldehydes is 1. The van der Waals surface area contributed by atoms with Gasteiger partial charge in [-0.05, 0) is 18.4 Å². The summed E-state index contributed by atoms with van der Waals surface area (Å²) in [6.45, 7) is 0. The molecule has 92 valence electrons. The lowest BCUT2D eigenvalue weighted by Gasteiger charge is -2.14. The highest BCUT2D eigenvalue weighted by molar-refractivity contribution is 5.64. The van der Waals surface area contributed by atoms with Crippen LogP contribution in [0.25, 0.3) is 0 Å². The van der Waals surface area contributed by atoms with Crippen LogP contribution in [0.15, 0.2) is 12.1 Å². The summed E-state index contributed by atoms with van der Waals surface area (Å²) >= 11 is 0. The molecule has 0 saturated heterocycles. The molecule has 1 aromatic carbocycles. The van der Waals surface area contributed by atoms with Crippen LogP contribution < -0.4 is 14.2 Å². The normalized spacial score (nSPS) is 21.8. The lowest BCUT2D eigenvalue weighted by molar-refractivity contribution is -0.108. The van der Waals surface area contributed by atoms with E-state index in [0.717, 1.165) is 18.3 Å². The van der Waals surface area contributed by atoms with Crippen molar-refractivity contribution in [2.75, 3.05) is 21.3 Å². The van der Waals surface area contributed by atoms with Crippen molar-refractivity contribution in [1.82, 2.24) is 0 Å². The molecule has 0 amide bonds. The Bertz CT molecular complexity index is 428. The van der Waals surface area contributed by atoms with Gasteiger partial charge in [0.25, 0.3) is 0 Å². The number of methoxy groups -OCH3 is 3. The van der Waals surface area contributed by atoms with Gasteiger partial charge in [0.1, 0.15) is 12.0 Å². The first-order valence-electron chi connectivity index (χ1n) is 5.50. The molecule has 4 heteroatoms. The van der Waals surface area contributed by atoms with Crippen LogP contribution in [0.5, 0.6) is 17.2 Å². The van der Waals surface area contributed by atoms with Crippen LogP contribution in [-0.2, 0) is 4.79 Å². The van der Waals surface area contributed by atoms with E-state index >= 15 is 0 Å². The van der Waals surface area contributed by atoms with Crippen molar-refractivity contribution in [1.29, 1.82) is 0 Å². The number of rotatable bonds is 5. The molecule has 0 bridgehead atoms. The zero-order valence-electron chi connectivity index (χ0n) is 10.2. The van der Waals surface area contributed by atoms with E-state index in [4.69, 9.17) is 14.2 Å². The predicted octanol–water partition coefficient (Wildman–Crippen LogP) is 2.01. The van der Waals surface area contributed by atoms with Crippen LogP contribution in [0.1, 0.15) is 17.9 Å². The third-order valence-corrected chi connectivity index (χ3v) is 3.13. The molecule has 0 aliphatic heterocycles. The van der Waals surface area contributed by atoms with Crippen LogP contribution in [0.4, 0.5) is 0 Å². The van der Waals surface area contributed by atoms with Crippen LogP contribution in [-0.4, -0.2) is 27.6 Å². The molecule has 1 saturated carbocycles. The summed E-state index contributed by atoms with van der Waals surface area (Å²) < 4.78 is 15.9. The number of hydrogen-bond acceptors (Lipinski definition) is 4. The SMILES string of the molecule is COc1cc(OC)c(OC)c(C2CC2C=O)c1. The van der Waals surface area contributed by atoms with Gasteiger partial charge in [-0.2, -0.15) is 0 Å². The van der Waals surface area contributed by atoms with Crippen molar-refractivity contribution >= 4 is 6.29 Å². The Morgan fingerprint density at radius 3 is 2.41 bits per heavy atom. The van der Waals surface area contributed by atoms with E-state index in [2.05, 4.69) is 0 Å². The molecule has 2 rings (SSSR count). The molecule has 0 aromatic heterocycles. The maximum atomic E-state index is 10.8. The fourth-order valence-electron chi connectivity index (χ4n) is 2.08. The molecule has 2 atom stereocenters. The Kier molecular flexibility index (Phi) is 3.22. The zero-order chi connectivity index (χ0) is 12.4. The molecule has 0 radical (unpaired) electrons. The van der Waals surface area contributed by atoms with Gasteiger partial charge in [0.05, 0.1) is 21.3 Å². The molecule has 1 aromatic rings. The Balaban J connectivity index is 2.44. The molecular formula is C13H16O4. The van der Waals surface area contributed by atoms with Gasteiger partial charge < -0.3 is 19.0 Å². The minimum atomic E-state index is 0.0979. The summed E-state index contributed by atoms with van der Waals surface area (Å²) in [6, 6.07) is 3.69. The zero-order valence-corrected chi connectivity index (χ0v) is 10.2. The third-order valence-electron chi connectivity index (χ3n) is 3.13. The summed E-state index contributed by atoms with van der Waals surface area (Å²) in [7, 11) is 4.80. The largest absolute Gasteiger partial charge is 0.497 e. The average molecular weight is 236 g/mol. The van der Waals surface area contributed by atoms with Gasteiger partial charge in [-0.3, -0.25) is 0 Å². The van der Waals surface area contributed by atoms with Crippen LogP contribution in [0, 0.1) is 5.92 Å². The molecule has 17 heavy (non-hydrogen) atoms. The summed E-state index contributed by atoms with van der Waals surface area (Å²) in [5.41, 5.74) is 0.987. The fraction of sp³-hybridized carbons (Fsp3) is 0.462. The molecule has 0 heterocycles. The van der Waals surface area contributed by atoms with Crippen molar-refractivity contribution in [3.63, 3.8) is 0 Å². The average Bonchev–Trinajstić information content (AvgIpc) is 3.16. The number of carbonyl (C=O) groups is 1. The minimum absolute atomic E-state index is 0.0979. The van der Waals surface area contributed by atoms with Crippen molar-refractivity contribution in [3.05, 3.63) is 17.7 Å². The highest BCUT2D eigenvalue weighted by atomic mass is 16.5. The van der Waals surface area contributed by atoms with Crippen LogP contribution in [0.3, 0.4) is 0 Å². The van der Waals surface area contributed by atoms with E-state index < -0.39 is 0 Å². The molecule has 1 fully saturated rings. The van der Waals surface area contributed by atoms with Gasteiger partial charge >= 0.3 is 0 Å². The van der Waals surface area contributed by atoms with E-state index in [1.165, 1.54) is 0 Å². The van der Waals surface area contributed by atoms with Crippen molar-refractivity contribution in [2.45, 2.75) is 12.3 Å². The Morgan fingerprint density at radius 2 is 1.94 bits per heavy atom. The molecular weight excluding hydrogens is 220 g/mol. The molecule has 2 unspecified atom stereocenters. The summed E-state index contributed by atoms with van der Waals surface area (Å²) in [4.78, 5) is 10.8. The first-order valence-corrected chi connectivity index (χ1v) is 5.50. The number of carbonyl (C=O) groups excluding carboxylic acids is 1. The highest BCUT2D eigenvalue weighted by Crippen LogP contribution is 2.52. The van der Waals surface area contributed by atoms with Gasteiger partial charge in [-0.25, -0.2) is 0 Å². The van der Waals surface area contributed by atoms with E-state index in [1.807, 2.05) is 6.07 Å². The molecule has 1 aliphatic carbocycles. The fourth-order valence-corrected chi connectivity index (χ4v) is 2.08.